The summed E-state index contributed by atoms with van der Waals surface area (Å²) < 4.78 is 0. The standard InChI is InChI=1S/C25H31N7O/c1-18-14-20(17-33)16-27-24(18)31-12-10-30(11-13-31)23-15-22(21-5-7-26-8-6-21)28-25(29-23)32-9-3-4-19(32)2/h5-8,14-16,19,33H,3-4,9-13,17H2,1-2H3. The van der Waals surface area contributed by atoms with Crippen LogP contribution in [-0.4, -0.2) is 63.8 Å². The third-order valence-electron chi connectivity index (χ3n) is 6.68. The summed E-state index contributed by atoms with van der Waals surface area (Å²) in [6, 6.07) is 8.59. The molecule has 8 nitrogen and oxygen atoms in total. The second-order valence-electron chi connectivity index (χ2n) is 8.95. The molecule has 0 amide bonds. The van der Waals surface area contributed by atoms with Gasteiger partial charge in [-0.2, -0.15) is 4.98 Å². The van der Waals surface area contributed by atoms with E-state index in [9.17, 15) is 5.11 Å². The third kappa shape index (κ3) is 4.48. The molecule has 0 aromatic carbocycles. The van der Waals surface area contributed by atoms with Gasteiger partial charge in [0.15, 0.2) is 0 Å². The van der Waals surface area contributed by atoms with Crippen molar-refractivity contribution in [1.82, 2.24) is 19.9 Å². The monoisotopic (exact) mass is 445 g/mol. The fraction of sp³-hybridized carbons (Fsp3) is 0.440. The molecule has 0 aliphatic carbocycles. The summed E-state index contributed by atoms with van der Waals surface area (Å²) in [5, 5.41) is 9.37. The van der Waals surface area contributed by atoms with Crippen LogP contribution >= 0.6 is 0 Å². The van der Waals surface area contributed by atoms with Crippen molar-refractivity contribution >= 4 is 17.6 Å². The van der Waals surface area contributed by atoms with E-state index < -0.39 is 0 Å². The Balaban J connectivity index is 1.40. The van der Waals surface area contributed by atoms with Crippen LogP contribution in [0.4, 0.5) is 17.6 Å². The summed E-state index contributed by atoms with van der Waals surface area (Å²) in [5.74, 6) is 2.80. The number of rotatable bonds is 5. The average Bonchev–Trinajstić information content (AvgIpc) is 3.30. The van der Waals surface area contributed by atoms with Gasteiger partial charge in [-0.1, -0.05) is 0 Å². The fourth-order valence-electron chi connectivity index (χ4n) is 4.80. The Hall–Kier alpha value is -3.26. The molecule has 172 valence electrons. The van der Waals surface area contributed by atoms with E-state index in [0.717, 1.165) is 72.7 Å². The SMILES string of the molecule is Cc1cc(CO)cnc1N1CCN(c2cc(-c3ccncc3)nc(N3CCCC3C)n2)CC1. The molecule has 2 fully saturated rings. The van der Waals surface area contributed by atoms with Gasteiger partial charge in [-0.3, -0.25) is 4.98 Å². The van der Waals surface area contributed by atoms with Crippen molar-refractivity contribution in [3.63, 3.8) is 0 Å². The number of piperazine rings is 1. The third-order valence-corrected chi connectivity index (χ3v) is 6.68. The van der Waals surface area contributed by atoms with Gasteiger partial charge in [0.2, 0.25) is 5.95 Å². The maximum Gasteiger partial charge on any atom is 0.228 e. The summed E-state index contributed by atoms with van der Waals surface area (Å²) >= 11 is 0. The van der Waals surface area contributed by atoms with E-state index in [1.807, 2.05) is 30.6 Å². The van der Waals surface area contributed by atoms with Gasteiger partial charge in [0.05, 0.1) is 12.3 Å². The number of hydrogen-bond acceptors (Lipinski definition) is 8. The lowest BCUT2D eigenvalue weighted by molar-refractivity contribution is 0.281. The van der Waals surface area contributed by atoms with Crippen molar-refractivity contribution in [3.05, 3.63) is 54.0 Å². The lowest BCUT2D eigenvalue weighted by Crippen LogP contribution is -2.47. The van der Waals surface area contributed by atoms with Crippen LogP contribution in [0.5, 0.6) is 0 Å². The van der Waals surface area contributed by atoms with Crippen molar-refractivity contribution in [2.24, 2.45) is 0 Å². The Morgan fingerprint density at radius 3 is 2.42 bits per heavy atom. The molecule has 1 N–H and O–H groups in total. The predicted octanol–water partition coefficient (Wildman–Crippen LogP) is 3.05. The Kier molecular flexibility index (Phi) is 6.09. The molecular formula is C25H31N7O. The van der Waals surface area contributed by atoms with E-state index in [1.54, 1.807) is 6.20 Å². The number of nitrogens with zero attached hydrogens (tertiary/aromatic N) is 7. The number of aliphatic hydroxyl groups excluding tert-OH is 1. The molecule has 3 aromatic rings. The zero-order valence-electron chi connectivity index (χ0n) is 19.4. The van der Waals surface area contributed by atoms with E-state index in [0.29, 0.717) is 6.04 Å². The summed E-state index contributed by atoms with van der Waals surface area (Å²) in [7, 11) is 0. The normalized spacial score (nSPS) is 18.8. The highest BCUT2D eigenvalue weighted by Gasteiger charge is 2.26. The number of anilines is 3. The fourth-order valence-corrected chi connectivity index (χ4v) is 4.80. The van der Waals surface area contributed by atoms with E-state index in [-0.39, 0.29) is 6.61 Å². The molecular weight excluding hydrogens is 414 g/mol. The highest BCUT2D eigenvalue weighted by atomic mass is 16.3. The van der Waals surface area contributed by atoms with Crippen LogP contribution in [0.15, 0.2) is 42.9 Å². The predicted molar refractivity (Wildman–Crippen MR) is 131 cm³/mol. The van der Waals surface area contributed by atoms with E-state index in [1.165, 1.54) is 12.8 Å². The van der Waals surface area contributed by atoms with Gasteiger partial charge in [-0.15, -0.1) is 0 Å². The summed E-state index contributed by atoms with van der Waals surface area (Å²) in [6.45, 7) is 8.81. The molecule has 0 spiro atoms. The molecule has 2 aliphatic heterocycles. The number of pyridine rings is 2. The Labute approximate surface area is 195 Å². The van der Waals surface area contributed by atoms with Crippen molar-refractivity contribution in [1.29, 1.82) is 0 Å². The Morgan fingerprint density at radius 1 is 1.00 bits per heavy atom. The van der Waals surface area contributed by atoms with Crippen molar-refractivity contribution < 1.29 is 5.11 Å². The molecule has 1 unspecified atom stereocenters. The van der Waals surface area contributed by atoms with Crippen molar-refractivity contribution in [2.45, 2.75) is 39.3 Å². The summed E-state index contributed by atoms with van der Waals surface area (Å²) in [6.07, 6.45) is 7.75. The minimum Gasteiger partial charge on any atom is -0.392 e. The lowest BCUT2D eigenvalue weighted by Gasteiger charge is -2.37. The average molecular weight is 446 g/mol. The van der Waals surface area contributed by atoms with Crippen LogP contribution in [0.3, 0.4) is 0 Å². The molecule has 2 saturated heterocycles. The van der Waals surface area contributed by atoms with Gasteiger partial charge < -0.3 is 19.8 Å². The second-order valence-corrected chi connectivity index (χ2v) is 8.95. The van der Waals surface area contributed by atoms with Gasteiger partial charge in [0, 0.05) is 69.0 Å². The van der Waals surface area contributed by atoms with Crippen LogP contribution in [0.2, 0.25) is 0 Å². The van der Waals surface area contributed by atoms with Gasteiger partial charge in [-0.05, 0) is 56.0 Å². The molecule has 3 aromatic heterocycles. The number of hydrogen-bond donors (Lipinski definition) is 1. The molecule has 2 aliphatic rings. The molecule has 5 heterocycles. The lowest BCUT2D eigenvalue weighted by atomic mass is 10.1. The van der Waals surface area contributed by atoms with Crippen LogP contribution in [0.1, 0.15) is 30.9 Å². The van der Waals surface area contributed by atoms with Gasteiger partial charge in [0.1, 0.15) is 11.6 Å². The van der Waals surface area contributed by atoms with Crippen molar-refractivity contribution in [2.75, 3.05) is 47.4 Å². The van der Waals surface area contributed by atoms with Crippen LogP contribution in [0.25, 0.3) is 11.3 Å². The molecule has 0 saturated carbocycles. The van der Waals surface area contributed by atoms with E-state index in [4.69, 9.17) is 9.97 Å². The topological polar surface area (TPSA) is 81.5 Å². The largest absolute Gasteiger partial charge is 0.392 e. The maximum atomic E-state index is 9.37. The van der Waals surface area contributed by atoms with Gasteiger partial charge in [0.25, 0.3) is 0 Å². The smallest absolute Gasteiger partial charge is 0.228 e. The molecule has 0 bridgehead atoms. The zero-order valence-corrected chi connectivity index (χ0v) is 19.4. The van der Waals surface area contributed by atoms with Crippen molar-refractivity contribution in [3.8, 4) is 11.3 Å². The number of aromatic nitrogens is 4. The first-order chi connectivity index (χ1) is 16.1. The quantitative estimate of drug-likeness (QED) is 0.642. The molecule has 8 heteroatoms. The van der Waals surface area contributed by atoms with Gasteiger partial charge >= 0.3 is 0 Å². The molecule has 5 rings (SSSR count). The maximum absolute atomic E-state index is 9.37. The van der Waals surface area contributed by atoms with E-state index >= 15 is 0 Å². The molecule has 1 atom stereocenters. The van der Waals surface area contributed by atoms with Gasteiger partial charge in [-0.25, -0.2) is 9.97 Å². The highest BCUT2D eigenvalue weighted by Crippen LogP contribution is 2.29. The second kappa shape index (κ2) is 9.31. The summed E-state index contributed by atoms with van der Waals surface area (Å²) in [5.41, 5.74) is 3.95. The molecule has 33 heavy (non-hydrogen) atoms. The Morgan fingerprint density at radius 2 is 1.76 bits per heavy atom. The first-order valence-electron chi connectivity index (χ1n) is 11.7. The Bertz CT molecular complexity index is 1100. The number of aryl methyl sites for hydroxylation is 1. The first-order valence-corrected chi connectivity index (χ1v) is 11.7. The van der Waals surface area contributed by atoms with Crippen LogP contribution in [-0.2, 0) is 6.61 Å². The zero-order chi connectivity index (χ0) is 22.8. The molecule has 0 radical (unpaired) electrons. The van der Waals surface area contributed by atoms with Crippen LogP contribution in [0, 0.1) is 6.92 Å². The first kappa shape index (κ1) is 21.6. The van der Waals surface area contributed by atoms with Crippen LogP contribution < -0.4 is 14.7 Å². The minimum absolute atomic E-state index is 0.0212. The van der Waals surface area contributed by atoms with E-state index in [2.05, 4.69) is 44.6 Å². The minimum atomic E-state index is 0.0212. The highest BCUT2D eigenvalue weighted by molar-refractivity contribution is 5.65. The summed E-state index contributed by atoms with van der Waals surface area (Å²) in [4.78, 5) is 25.7. The number of aliphatic hydroxyl groups is 1.